The lowest BCUT2D eigenvalue weighted by Gasteiger charge is -2.55. The summed E-state index contributed by atoms with van der Waals surface area (Å²) in [6.07, 6.45) is 15.9. The molecule has 2 amide bonds. The molecule has 0 radical (unpaired) electrons. The number of β-amino-alcohol motifs (C(OH)–C–C–N with tert-alkyl or cyclic N) is 1. The molecule has 2 bridgehead atoms. The SMILES string of the molecule is COc1ccc(C23CCC(CN(C(=O)C4CCC(COC(=O)N5CC(O)C5)CC4)c4cccc(-n5cnc(C6CC6)c5)c4)(CC2)CC3)cc1C. The molecule has 9 heteroatoms. The third-order valence-electron chi connectivity index (χ3n) is 13.0. The van der Waals surface area contributed by atoms with E-state index in [0.717, 1.165) is 93.6 Å². The number of aromatic nitrogens is 2. The Morgan fingerprint density at radius 3 is 2.36 bits per heavy atom. The molecule has 5 saturated carbocycles. The molecule has 50 heavy (non-hydrogen) atoms. The van der Waals surface area contributed by atoms with Gasteiger partial charge in [-0.05, 0) is 136 Å². The zero-order valence-corrected chi connectivity index (χ0v) is 29.7. The van der Waals surface area contributed by atoms with Crippen molar-refractivity contribution >= 4 is 17.7 Å². The van der Waals surface area contributed by atoms with Gasteiger partial charge in [-0.15, -0.1) is 0 Å². The molecule has 2 aromatic carbocycles. The van der Waals surface area contributed by atoms with Crippen LogP contribution in [0.25, 0.3) is 5.69 Å². The van der Waals surface area contributed by atoms with Gasteiger partial charge in [-0.25, -0.2) is 9.78 Å². The Balaban J connectivity index is 0.986. The van der Waals surface area contributed by atoms with Gasteiger partial charge in [0.2, 0.25) is 5.91 Å². The number of aliphatic hydroxyl groups is 1. The second kappa shape index (κ2) is 13.4. The molecule has 5 aliphatic carbocycles. The van der Waals surface area contributed by atoms with E-state index in [1.54, 1.807) is 12.0 Å². The molecule has 0 atom stereocenters. The minimum Gasteiger partial charge on any atom is -0.496 e. The fraction of sp³-hybridized carbons (Fsp3) is 0.585. The van der Waals surface area contributed by atoms with Crippen molar-refractivity contribution in [1.82, 2.24) is 14.5 Å². The normalized spacial score (nSPS) is 27.9. The zero-order valence-electron chi connectivity index (χ0n) is 29.7. The number of fused-ring (bicyclic) bond motifs is 3. The van der Waals surface area contributed by atoms with E-state index in [-0.39, 0.29) is 34.7 Å². The summed E-state index contributed by atoms with van der Waals surface area (Å²) in [5.41, 5.74) is 6.14. The Bertz CT molecular complexity index is 1690. The average molecular weight is 681 g/mol. The standard InChI is InChI=1S/C41H52N4O5/c1-28-20-32(12-13-37(28)49-2)41-17-14-40(15-18-41,16-19-41)26-45(34-5-3-4-33(21-34)44-24-36(42-27-44)30-10-11-30)38(47)31-8-6-29(7-9-31)25-50-39(48)43-22-35(46)23-43/h3-5,12-13,20-21,24,27,29-31,35,46H,6-11,14-19,22-23,25-26H2,1-2H3. The first-order valence-electron chi connectivity index (χ1n) is 18.9. The summed E-state index contributed by atoms with van der Waals surface area (Å²) in [6.45, 7) is 3.98. The molecule has 1 aromatic heterocycles. The summed E-state index contributed by atoms with van der Waals surface area (Å²) in [5, 5.41) is 9.52. The second-order valence-electron chi connectivity index (χ2n) is 16.2. The maximum atomic E-state index is 14.7. The number of hydrogen-bond donors (Lipinski definition) is 1. The fourth-order valence-electron chi connectivity index (χ4n) is 9.35. The van der Waals surface area contributed by atoms with Crippen molar-refractivity contribution in [2.45, 2.75) is 101 Å². The Labute approximate surface area is 296 Å². The van der Waals surface area contributed by atoms with Crippen LogP contribution in [-0.4, -0.2) is 71.0 Å². The topological polar surface area (TPSA) is 97.1 Å². The number of carbonyl (C=O) groups excluding carboxylic acids is 2. The van der Waals surface area contributed by atoms with Crippen LogP contribution in [0.2, 0.25) is 0 Å². The van der Waals surface area contributed by atoms with Crippen molar-refractivity contribution in [3.63, 3.8) is 0 Å². The van der Waals surface area contributed by atoms with E-state index in [1.807, 2.05) is 6.33 Å². The number of ether oxygens (including phenoxy) is 2. The van der Waals surface area contributed by atoms with Crippen LogP contribution in [0.1, 0.15) is 99.8 Å². The maximum Gasteiger partial charge on any atom is 0.409 e. The summed E-state index contributed by atoms with van der Waals surface area (Å²) in [7, 11) is 1.74. The predicted molar refractivity (Wildman–Crippen MR) is 192 cm³/mol. The molecule has 6 fully saturated rings. The van der Waals surface area contributed by atoms with Crippen LogP contribution >= 0.6 is 0 Å². The highest BCUT2D eigenvalue weighted by Gasteiger charge is 2.50. The number of nitrogens with zero attached hydrogens (tertiary/aromatic N) is 4. The molecule has 0 unspecified atom stereocenters. The van der Waals surface area contributed by atoms with Crippen LogP contribution in [-0.2, 0) is 14.9 Å². The summed E-state index contributed by atoms with van der Waals surface area (Å²) < 4.78 is 13.3. The summed E-state index contributed by atoms with van der Waals surface area (Å²) >= 11 is 0. The highest BCUT2D eigenvalue weighted by Crippen LogP contribution is 2.58. The van der Waals surface area contributed by atoms with E-state index in [0.29, 0.717) is 25.6 Å². The quantitative estimate of drug-likeness (QED) is 0.241. The van der Waals surface area contributed by atoms with E-state index in [2.05, 4.69) is 65.1 Å². The molecule has 266 valence electrons. The number of imidazole rings is 1. The van der Waals surface area contributed by atoms with E-state index < -0.39 is 6.10 Å². The monoisotopic (exact) mass is 680 g/mol. The van der Waals surface area contributed by atoms with Gasteiger partial charge < -0.3 is 28.9 Å². The first-order valence-corrected chi connectivity index (χ1v) is 18.9. The number of hydrogen-bond acceptors (Lipinski definition) is 6. The molecule has 1 aliphatic heterocycles. The molecule has 6 aliphatic rings. The predicted octanol–water partition coefficient (Wildman–Crippen LogP) is 7.31. The third-order valence-corrected chi connectivity index (χ3v) is 13.0. The second-order valence-corrected chi connectivity index (χ2v) is 16.2. The van der Waals surface area contributed by atoms with Gasteiger partial charge in [-0.2, -0.15) is 0 Å². The van der Waals surface area contributed by atoms with E-state index in [4.69, 9.17) is 14.5 Å². The lowest BCUT2D eigenvalue weighted by molar-refractivity contribution is -0.124. The van der Waals surface area contributed by atoms with Gasteiger partial charge in [0.05, 0.1) is 44.9 Å². The highest BCUT2D eigenvalue weighted by atomic mass is 16.6. The smallest absolute Gasteiger partial charge is 0.409 e. The number of benzene rings is 2. The van der Waals surface area contributed by atoms with Gasteiger partial charge in [-0.3, -0.25) is 4.79 Å². The van der Waals surface area contributed by atoms with Crippen molar-refractivity contribution in [2.75, 3.05) is 38.3 Å². The Kier molecular flexibility index (Phi) is 8.90. The van der Waals surface area contributed by atoms with Crippen molar-refractivity contribution in [2.24, 2.45) is 17.3 Å². The lowest BCUT2D eigenvalue weighted by Crippen LogP contribution is -2.53. The van der Waals surface area contributed by atoms with Crippen LogP contribution in [0.3, 0.4) is 0 Å². The third kappa shape index (κ3) is 6.54. The van der Waals surface area contributed by atoms with E-state index >= 15 is 0 Å². The first-order chi connectivity index (χ1) is 24.2. The van der Waals surface area contributed by atoms with Crippen molar-refractivity contribution < 1.29 is 24.2 Å². The maximum absolute atomic E-state index is 14.7. The van der Waals surface area contributed by atoms with Crippen LogP contribution < -0.4 is 9.64 Å². The van der Waals surface area contributed by atoms with Gasteiger partial charge >= 0.3 is 6.09 Å². The first kappa shape index (κ1) is 33.3. The Hall–Kier alpha value is -3.85. The van der Waals surface area contributed by atoms with Gasteiger partial charge in [0.1, 0.15) is 5.75 Å². The highest BCUT2D eigenvalue weighted by molar-refractivity contribution is 5.95. The van der Waals surface area contributed by atoms with E-state index in [1.165, 1.54) is 24.0 Å². The van der Waals surface area contributed by atoms with Crippen LogP contribution in [0, 0.1) is 24.2 Å². The van der Waals surface area contributed by atoms with Crippen LogP contribution in [0.15, 0.2) is 55.0 Å². The molecule has 2 heterocycles. The number of rotatable bonds is 10. The molecular weight excluding hydrogens is 628 g/mol. The molecule has 9 nitrogen and oxygen atoms in total. The summed E-state index contributed by atoms with van der Waals surface area (Å²) in [5.74, 6) is 1.99. The van der Waals surface area contributed by atoms with Crippen LogP contribution in [0.5, 0.6) is 5.75 Å². The van der Waals surface area contributed by atoms with Crippen LogP contribution in [0.4, 0.5) is 10.5 Å². The van der Waals surface area contributed by atoms with Gasteiger partial charge in [-0.1, -0.05) is 18.2 Å². The number of amides is 2. The molecule has 3 aromatic rings. The number of likely N-dealkylation sites (tertiary alicyclic amines) is 1. The Morgan fingerprint density at radius 1 is 0.960 bits per heavy atom. The van der Waals surface area contributed by atoms with Gasteiger partial charge in [0, 0.05) is 36.0 Å². The van der Waals surface area contributed by atoms with Crippen molar-refractivity contribution in [1.29, 1.82) is 0 Å². The molecule has 1 N–H and O–H groups in total. The molecule has 0 spiro atoms. The summed E-state index contributed by atoms with van der Waals surface area (Å²) in [4.78, 5) is 35.4. The lowest BCUT2D eigenvalue weighted by atomic mass is 9.51. The van der Waals surface area contributed by atoms with Crippen molar-refractivity contribution in [3.05, 3.63) is 71.8 Å². The largest absolute Gasteiger partial charge is 0.496 e. The number of carbonyl (C=O) groups is 2. The van der Waals surface area contributed by atoms with Crippen molar-refractivity contribution in [3.8, 4) is 11.4 Å². The molecule has 9 rings (SSSR count). The minimum absolute atomic E-state index is 0.0456. The average Bonchev–Trinajstić information content (AvgIpc) is 3.88. The Morgan fingerprint density at radius 2 is 1.70 bits per heavy atom. The summed E-state index contributed by atoms with van der Waals surface area (Å²) in [6, 6.07) is 15.3. The number of aryl methyl sites for hydroxylation is 1. The van der Waals surface area contributed by atoms with E-state index in [9.17, 15) is 14.7 Å². The molecular formula is C41H52N4O5. The number of methoxy groups -OCH3 is 1. The number of aliphatic hydroxyl groups excluding tert-OH is 1. The molecule has 1 saturated heterocycles. The minimum atomic E-state index is -0.435. The zero-order chi connectivity index (χ0) is 34.5. The number of anilines is 1. The fourth-order valence-corrected chi connectivity index (χ4v) is 9.35. The van der Waals surface area contributed by atoms with Gasteiger partial charge in [0.25, 0.3) is 0 Å². The van der Waals surface area contributed by atoms with Gasteiger partial charge in [0.15, 0.2) is 0 Å².